The number of hydrogen-bond donors (Lipinski definition) is 2. The molecule has 2 rings (SSSR count). The minimum atomic E-state index is -3.45. The zero-order chi connectivity index (χ0) is 13.2. The van der Waals surface area contributed by atoms with Crippen molar-refractivity contribution in [3.8, 4) is 0 Å². The molecule has 0 aliphatic carbocycles. The monoisotopic (exact) mass is 388 g/mol. The molecule has 0 radical (unpaired) electrons. The Balaban J connectivity index is 0.00000180. The van der Waals surface area contributed by atoms with E-state index < -0.39 is 10.0 Å². The van der Waals surface area contributed by atoms with Gasteiger partial charge in [0, 0.05) is 11.0 Å². The van der Waals surface area contributed by atoms with Crippen LogP contribution in [-0.4, -0.2) is 28.1 Å². The van der Waals surface area contributed by atoms with Gasteiger partial charge in [-0.3, -0.25) is 0 Å². The van der Waals surface area contributed by atoms with Gasteiger partial charge >= 0.3 is 0 Å². The molecule has 1 heterocycles. The second-order valence-electron chi connectivity index (χ2n) is 4.29. The van der Waals surface area contributed by atoms with Crippen LogP contribution in [0.25, 0.3) is 0 Å². The minimum Gasteiger partial charge on any atom is -0.316 e. The number of rotatable bonds is 4. The molecule has 0 aromatic heterocycles. The van der Waals surface area contributed by atoms with Gasteiger partial charge in [0.1, 0.15) is 0 Å². The van der Waals surface area contributed by atoms with Crippen LogP contribution >= 0.6 is 39.9 Å². The lowest BCUT2D eigenvalue weighted by Crippen LogP contribution is -2.30. The second kappa shape index (κ2) is 7.24. The predicted octanol–water partition coefficient (Wildman–Crippen LogP) is 2.41. The highest BCUT2D eigenvalue weighted by atomic mass is 79.9. The fraction of sp³-hybridized carbons (Fsp3) is 0.455. The normalized spacial score (nSPS) is 19.2. The molecular formula is C11H15BrCl2N2O2S. The predicted molar refractivity (Wildman–Crippen MR) is 82.6 cm³/mol. The molecule has 2 N–H and O–H groups in total. The Morgan fingerprint density at radius 1 is 1.47 bits per heavy atom. The first-order valence-corrected chi connectivity index (χ1v) is 8.30. The molecule has 1 aromatic rings. The van der Waals surface area contributed by atoms with E-state index in [2.05, 4.69) is 26.0 Å². The summed E-state index contributed by atoms with van der Waals surface area (Å²) in [4.78, 5) is 0.227. The summed E-state index contributed by atoms with van der Waals surface area (Å²) < 4.78 is 27.3. The van der Waals surface area contributed by atoms with E-state index in [1.165, 1.54) is 12.1 Å². The van der Waals surface area contributed by atoms with Gasteiger partial charge in [0.2, 0.25) is 10.0 Å². The maximum absolute atomic E-state index is 12.1. The molecular weight excluding hydrogens is 375 g/mol. The van der Waals surface area contributed by atoms with Crippen molar-refractivity contribution in [1.29, 1.82) is 0 Å². The molecule has 0 bridgehead atoms. The van der Waals surface area contributed by atoms with Crippen molar-refractivity contribution in [3.63, 3.8) is 0 Å². The van der Waals surface area contributed by atoms with Crippen LogP contribution in [0.5, 0.6) is 0 Å². The maximum Gasteiger partial charge on any atom is 0.240 e. The van der Waals surface area contributed by atoms with Crippen molar-refractivity contribution in [1.82, 2.24) is 10.0 Å². The van der Waals surface area contributed by atoms with Crippen LogP contribution in [0.2, 0.25) is 5.02 Å². The third-order valence-corrected chi connectivity index (χ3v) is 5.56. The first-order valence-electron chi connectivity index (χ1n) is 5.64. The highest BCUT2D eigenvalue weighted by molar-refractivity contribution is 9.10. The summed E-state index contributed by atoms with van der Waals surface area (Å²) in [5.74, 6) is 0.371. The van der Waals surface area contributed by atoms with E-state index in [1.54, 1.807) is 6.07 Å². The molecule has 8 heteroatoms. The standard InChI is InChI=1S/C11H14BrClN2O2S.ClH/c12-10-5-9(1-2-11(10)13)18(16,17)15-7-8-3-4-14-6-8;/h1-2,5,8,14-15H,3-4,6-7H2;1H. The van der Waals surface area contributed by atoms with Crippen LogP contribution in [0, 0.1) is 5.92 Å². The zero-order valence-corrected chi connectivity index (χ0v) is 14.0. The van der Waals surface area contributed by atoms with Crippen LogP contribution in [0.4, 0.5) is 0 Å². The van der Waals surface area contributed by atoms with Crippen molar-refractivity contribution < 1.29 is 8.42 Å². The molecule has 108 valence electrons. The van der Waals surface area contributed by atoms with Crippen LogP contribution in [0.1, 0.15) is 6.42 Å². The fourth-order valence-corrected chi connectivity index (χ4v) is 3.63. The number of hydrogen-bond acceptors (Lipinski definition) is 3. The summed E-state index contributed by atoms with van der Waals surface area (Å²) in [6, 6.07) is 4.58. The van der Waals surface area contributed by atoms with Crippen LogP contribution < -0.4 is 10.0 Å². The van der Waals surface area contributed by atoms with E-state index in [9.17, 15) is 8.42 Å². The van der Waals surface area contributed by atoms with E-state index in [4.69, 9.17) is 11.6 Å². The van der Waals surface area contributed by atoms with Crippen molar-refractivity contribution >= 4 is 50.0 Å². The van der Waals surface area contributed by atoms with Crippen molar-refractivity contribution in [2.45, 2.75) is 11.3 Å². The van der Waals surface area contributed by atoms with Crippen molar-refractivity contribution in [2.75, 3.05) is 19.6 Å². The third kappa shape index (κ3) is 4.58. The Hall–Kier alpha value is 0.150. The van der Waals surface area contributed by atoms with E-state index in [0.717, 1.165) is 19.5 Å². The minimum absolute atomic E-state index is 0. The summed E-state index contributed by atoms with van der Waals surface area (Å²) in [7, 11) is -3.45. The van der Waals surface area contributed by atoms with E-state index in [-0.39, 0.29) is 17.3 Å². The molecule has 0 saturated carbocycles. The van der Waals surface area contributed by atoms with Gasteiger partial charge in [0.25, 0.3) is 0 Å². The SMILES string of the molecule is Cl.O=S(=O)(NCC1CCNC1)c1ccc(Cl)c(Br)c1. The first-order chi connectivity index (χ1) is 8.49. The van der Waals surface area contributed by atoms with E-state index in [1.807, 2.05) is 0 Å². The third-order valence-electron chi connectivity index (χ3n) is 2.93. The number of nitrogens with one attached hydrogen (secondary N) is 2. The zero-order valence-electron chi connectivity index (χ0n) is 10.0. The molecule has 0 spiro atoms. The molecule has 0 amide bonds. The Kier molecular flexibility index (Phi) is 6.56. The van der Waals surface area contributed by atoms with Gasteiger partial charge in [-0.2, -0.15) is 0 Å². The second-order valence-corrected chi connectivity index (χ2v) is 7.32. The van der Waals surface area contributed by atoms with Gasteiger partial charge in [-0.1, -0.05) is 11.6 Å². The Bertz CT molecular complexity index is 533. The van der Waals surface area contributed by atoms with Gasteiger partial charge in [-0.05, 0) is 59.6 Å². The lowest BCUT2D eigenvalue weighted by molar-refractivity contribution is 0.538. The summed E-state index contributed by atoms with van der Waals surface area (Å²) in [5.41, 5.74) is 0. The average molecular weight is 390 g/mol. The smallest absolute Gasteiger partial charge is 0.240 e. The van der Waals surface area contributed by atoms with Gasteiger partial charge < -0.3 is 5.32 Å². The number of halogens is 3. The lowest BCUT2D eigenvalue weighted by atomic mass is 10.1. The summed E-state index contributed by atoms with van der Waals surface area (Å²) in [6.07, 6.45) is 1.01. The Morgan fingerprint density at radius 2 is 2.21 bits per heavy atom. The van der Waals surface area contributed by atoms with Crippen LogP contribution in [-0.2, 0) is 10.0 Å². The van der Waals surface area contributed by atoms with Gasteiger partial charge in [-0.25, -0.2) is 13.1 Å². The first kappa shape index (κ1) is 17.2. The van der Waals surface area contributed by atoms with Gasteiger partial charge in [-0.15, -0.1) is 12.4 Å². The summed E-state index contributed by atoms with van der Waals surface area (Å²) in [5, 5.41) is 3.70. The highest BCUT2D eigenvalue weighted by Gasteiger charge is 2.19. The van der Waals surface area contributed by atoms with Crippen molar-refractivity contribution in [2.24, 2.45) is 5.92 Å². The fourth-order valence-electron chi connectivity index (χ4n) is 1.84. The number of benzene rings is 1. The molecule has 1 aromatic carbocycles. The number of sulfonamides is 1. The molecule has 1 unspecified atom stereocenters. The molecule has 1 aliphatic rings. The molecule has 1 aliphatic heterocycles. The van der Waals surface area contributed by atoms with Gasteiger partial charge in [0.15, 0.2) is 0 Å². The quantitative estimate of drug-likeness (QED) is 0.831. The highest BCUT2D eigenvalue weighted by Crippen LogP contribution is 2.25. The van der Waals surface area contributed by atoms with Crippen LogP contribution in [0.3, 0.4) is 0 Å². The Labute approximate surface area is 132 Å². The van der Waals surface area contributed by atoms with E-state index in [0.29, 0.717) is 22.0 Å². The molecule has 1 fully saturated rings. The average Bonchev–Trinajstić information content (AvgIpc) is 2.83. The van der Waals surface area contributed by atoms with Crippen molar-refractivity contribution in [3.05, 3.63) is 27.7 Å². The molecule has 19 heavy (non-hydrogen) atoms. The van der Waals surface area contributed by atoms with E-state index >= 15 is 0 Å². The largest absolute Gasteiger partial charge is 0.316 e. The van der Waals surface area contributed by atoms with Gasteiger partial charge in [0.05, 0.1) is 9.92 Å². The summed E-state index contributed by atoms with van der Waals surface area (Å²) >= 11 is 9.06. The lowest BCUT2D eigenvalue weighted by Gasteiger charge is -2.11. The summed E-state index contributed by atoms with van der Waals surface area (Å²) in [6.45, 7) is 2.29. The topological polar surface area (TPSA) is 58.2 Å². The molecule has 1 atom stereocenters. The van der Waals surface area contributed by atoms with Crippen LogP contribution in [0.15, 0.2) is 27.6 Å². The Morgan fingerprint density at radius 3 is 2.79 bits per heavy atom. The molecule has 1 saturated heterocycles. The maximum atomic E-state index is 12.1. The molecule has 4 nitrogen and oxygen atoms in total.